The molecule has 19 heavy (non-hydrogen) atoms. The fourth-order valence-electron chi connectivity index (χ4n) is 1.82. The number of rotatable bonds is 5. The summed E-state index contributed by atoms with van der Waals surface area (Å²) in [4.78, 5) is 11.8. The van der Waals surface area contributed by atoms with Crippen molar-refractivity contribution in [1.82, 2.24) is 5.32 Å². The lowest BCUT2D eigenvalue weighted by atomic mass is 9.98. The van der Waals surface area contributed by atoms with Crippen molar-refractivity contribution in [1.29, 1.82) is 0 Å². The lowest BCUT2D eigenvalue weighted by Gasteiger charge is -2.15. The molecule has 0 spiro atoms. The quantitative estimate of drug-likeness (QED) is 0.798. The van der Waals surface area contributed by atoms with E-state index in [2.05, 4.69) is 5.32 Å². The maximum absolute atomic E-state index is 13.5. The van der Waals surface area contributed by atoms with Crippen molar-refractivity contribution in [2.45, 2.75) is 25.3 Å². The third kappa shape index (κ3) is 3.47. The number of carbonyl (C=O) groups excluding carboxylic acids is 1. The zero-order valence-electron chi connectivity index (χ0n) is 10.3. The van der Waals surface area contributed by atoms with Gasteiger partial charge in [0.05, 0.1) is 5.92 Å². The molecule has 1 fully saturated rings. The van der Waals surface area contributed by atoms with Gasteiger partial charge in [-0.25, -0.2) is 13.2 Å². The van der Waals surface area contributed by atoms with Crippen LogP contribution in [0.2, 0.25) is 0 Å². The van der Waals surface area contributed by atoms with Gasteiger partial charge in [0, 0.05) is 18.7 Å². The van der Waals surface area contributed by atoms with Crippen LogP contribution in [0.4, 0.5) is 13.2 Å². The Morgan fingerprint density at radius 2 is 1.89 bits per heavy atom. The van der Waals surface area contributed by atoms with Gasteiger partial charge in [-0.05, 0) is 30.9 Å². The van der Waals surface area contributed by atoms with Gasteiger partial charge in [0.1, 0.15) is 5.82 Å². The fraction of sp³-hybridized carbons (Fsp3) is 0.462. The van der Waals surface area contributed by atoms with Crippen LogP contribution in [-0.4, -0.2) is 18.5 Å². The third-order valence-corrected chi connectivity index (χ3v) is 3.13. The van der Waals surface area contributed by atoms with Gasteiger partial charge in [0.2, 0.25) is 5.91 Å². The van der Waals surface area contributed by atoms with Crippen molar-refractivity contribution < 1.29 is 18.0 Å². The van der Waals surface area contributed by atoms with Crippen molar-refractivity contribution in [2.24, 2.45) is 11.7 Å². The lowest BCUT2D eigenvalue weighted by Crippen LogP contribution is -2.37. The molecular weight excluding hydrogens is 257 g/mol. The summed E-state index contributed by atoms with van der Waals surface area (Å²) in [5, 5.41) is 2.76. The molecule has 0 bridgehead atoms. The topological polar surface area (TPSA) is 55.1 Å². The smallest absolute Gasteiger partial charge is 0.224 e. The Kier molecular flexibility index (Phi) is 4.09. The maximum atomic E-state index is 13.5. The molecule has 1 aliphatic rings. The van der Waals surface area contributed by atoms with E-state index in [9.17, 15) is 18.0 Å². The molecule has 0 saturated heterocycles. The van der Waals surface area contributed by atoms with Gasteiger partial charge in [-0.2, -0.15) is 0 Å². The Labute approximate surface area is 109 Å². The minimum atomic E-state index is -1.24. The second-order valence-corrected chi connectivity index (χ2v) is 4.78. The summed E-state index contributed by atoms with van der Waals surface area (Å²) in [5.74, 6) is -4.14. The first-order valence-corrected chi connectivity index (χ1v) is 6.15. The highest BCUT2D eigenvalue weighted by molar-refractivity contribution is 5.79. The van der Waals surface area contributed by atoms with Crippen LogP contribution in [-0.2, 0) is 11.2 Å². The first-order valence-electron chi connectivity index (χ1n) is 6.15. The van der Waals surface area contributed by atoms with Crippen LogP contribution in [0.1, 0.15) is 18.4 Å². The first kappa shape index (κ1) is 13.9. The lowest BCUT2D eigenvalue weighted by molar-refractivity contribution is -0.124. The van der Waals surface area contributed by atoms with Gasteiger partial charge in [-0.15, -0.1) is 0 Å². The van der Waals surface area contributed by atoms with Crippen LogP contribution >= 0.6 is 0 Å². The van der Waals surface area contributed by atoms with E-state index < -0.39 is 23.4 Å². The minimum absolute atomic E-state index is 0.0248. The van der Waals surface area contributed by atoms with Crippen molar-refractivity contribution in [3.05, 3.63) is 35.1 Å². The Morgan fingerprint density at radius 3 is 2.47 bits per heavy atom. The third-order valence-electron chi connectivity index (χ3n) is 3.13. The number of nitrogens with two attached hydrogens (primary N) is 1. The predicted molar refractivity (Wildman–Crippen MR) is 63.7 cm³/mol. The van der Waals surface area contributed by atoms with Crippen LogP contribution in [0.25, 0.3) is 0 Å². The van der Waals surface area contributed by atoms with E-state index in [1.807, 2.05) is 0 Å². The van der Waals surface area contributed by atoms with E-state index in [1.165, 1.54) is 0 Å². The second-order valence-electron chi connectivity index (χ2n) is 4.78. The number of carbonyl (C=O) groups is 1. The zero-order chi connectivity index (χ0) is 14.0. The molecule has 2 rings (SSSR count). The second kappa shape index (κ2) is 5.61. The summed E-state index contributed by atoms with van der Waals surface area (Å²) in [7, 11) is 0. The Bertz CT molecular complexity index is 489. The number of halogens is 3. The highest BCUT2D eigenvalue weighted by Crippen LogP contribution is 2.21. The van der Waals surface area contributed by atoms with Gasteiger partial charge in [0.25, 0.3) is 0 Å². The predicted octanol–water partition coefficient (Wildman–Crippen LogP) is 1.50. The molecule has 3 N–H and O–H groups in total. The van der Waals surface area contributed by atoms with Gasteiger partial charge >= 0.3 is 0 Å². The van der Waals surface area contributed by atoms with Crippen molar-refractivity contribution in [2.75, 3.05) is 6.54 Å². The average Bonchev–Trinajstić information content (AvgIpc) is 3.15. The molecule has 1 amide bonds. The molecule has 0 aromatic heterocycles. The van der Waals surface area contributed by atoms with Crippen LogP contribution in [0.5, 0.6) is 0 Å². The molecule has 1 unspecified atom stereocenters. The first-order chi connectivity index (χ1) is 9.01. The van der Waals surface area contributed by atoms with Crippen molar-refractivity contribution in [3.63, 3.8) is 0 Å². The summed E-state index contributed by atoms with van der Waals surface area (Å²) < 4.78 is 39.3. The van der Waals surface area contributed by atoms with E-state index in [-0.39, 0.29) is 30.5 Å². The monoisotopic (exact) mass is 272 g/mol. The number of hydrogen-bond donors (Lipinski definition) is 2. The molecule has 1 saturated carbocycles. The largest absolute Gasteiger partial charge is 0.353 e. The van der Waals surface area contributed by atoms with Gasteiger partial charge in [-0.3, -0.25) is 4.79 Å². The van der Waals surface area contributed by atoms with Gasteiger partial charge in [-0.1, -0.05) is 0 Å². The number of nitrogens with one attached hydrogen (secondary N) is 1. The molecule has 0 radical (unpaired) electrons. The van der Waals surface area contributed by atoms with E-state index in [1.54, 1.807) is 0 Å². The van der Waals surface area contributed by atoms with Crippen LogP contribution in [0, 0.1) is 23.4 Å². The molecule has 1 aromatic rings. The van der Waals surface area contributed by atoms with Crippen LogP contribution in [0.3, 0.4) is 0 Å². The molecular formula is C13H15F3N2O. The Balaban J connectivity index is 2.08. The fourth-order valence-corrected chi connectivity index (χ4v) is 1.82. The standard InChI is InChI=1S/C13H15F3N2O/c14-10-5-12(16)11(15)4-7(10)3-8(6-17)13(19)18-9-1-2-9/h4-5,8-9H,1-3,6,17H2,(H,18,19). The molecule has 1 aliphatic carbocycles. The number of hydrogen-bond acceptors (Lipinski definition) is 2. The highest BCUT2D eigenvalue weighted by Gasteiger charge is 2.27. The summed E-state index contributed by atoms with van der Waals surface area (Å²) in [6, 6.07) is 1.44. The van der Waals surface area contributed by atoms with Crippen LogP contribution < -0.4 is 11.1 Å². The van der Waals surface area contributed by atoms with Gasteiger partial charge < -0.3 is 11.1 Å². The van der Waals surface area contributed by atoms with E-state index in [0.29, 0.717) is 6.07 Å². The Hall–Kier alpha value is -1.56. The summed E-state index contributed by atoms with van der Waals surface area (Å²) in [5.41, 5.74) is 5.44. The van der Waals surface area contributed by atoms with E-state index in [0.717, 1.165) is 18.9 Å². The maximum Gasteiger partial charge on any atom is 0.224 e. The summed E-state index contributed by atoms with van der Waals surface area (Å²) in [6.45, 7) is 0.0248. The average molecular weight is 272 g/mol. The van der Waals surface area contributed by atoms with Crippen molar-refractivity contribution >= 4 is 5.91 Å². The van der Waals surface area contributed by atoms with Crippen molar-refractivity contribution in [3.8, 4) is 0 Å². The van der Waals surface area contributed by atoms with Gasteiger partial charge in [0.15, 0.2) is 11.6 Å². The number of benzene rings is 1. The molecule has 3 nitrogen and oxygen atoms in total. The SMILES string of the molecule is NCC(Cc1cc(F)c(F)cc1F)C(=O)NC1CC1. The molecule has 0 aliphatic heterocycles. The summed E-state index contributed by atoms with van der Waals surface area (Å²) >= 11 is 0. The summed E-state index contributed by atoms with van der Waals surface area (Å²) in [6.07, 6.45) is 1.82. The van der Waals surface area contributed by atoms with E-state index >= 15 is 0 Å². The normalized spacial score (nSPS) is 16.2. The molecule has 104 valence electrons. The zero-order valence-corrected chi connectivity index (χ0v) is 10.3. The molecule has 6 heteroatoms. The molecule has 1 aromatic carbocycles. The molecule has 0 heterocycles. The minimum Gasteiger partial charge on any atom is -0.353 e. The highest BCUT2D eigenvalue weighted by atomic mass is 19.2. The number of amides is 1. The Morgan fingerprint density at radius 1 is 1.26 bits per heavy atom. The van der Waals surface area contributed by atoms with E-state index in [4.69, 9.17) is 5.73 Å². The molecule has 1 atom stereocenters. The van der Waals surface area contributed by atoms with Crippen LogP contribution in [0.15, 0.2) is 12.1 Å².